The van der Waals surface area contributed by atoms with Gasteiger partial charge in [0.25, 0.3) is 0 Å². The second kappa shape index (κ2) is 2.08. The van der Waals surface area contributed by atoms with Gasteiger partial charge in [0.1, 0.15) is 5.84 Å². The maximum absolute atomic E-state index is 5.96. The molecule has 1 aliphatic rings. The molecule has 1 aliphatic heterocycles. The normalized spacial score (nSPS) is 15.0. The van der Waals surface area contributed by atoms with Crippen LogP contribution >= 0.6 is 11.6 Å². The van der Waals surface area contributed by atoms with Gasteiger partial charge in [0, 0.05) is 0 Å². The van der Waals surface area contributed by atoms with Crippen LogP contribution < -0.4 is 0 Å². The van der Waals surface area contributed by atoms with Crippen molar-refractivity contribution in [2.75, 3.05) is 0 Å². The third-order valence-corrected chi connectivity index (χ3v) is 2.33. The van der Waals surface area contributed by atoms with Crippen LogP contribution in [0.15, 0.2) is 4.99 Å². The fraction of sp³-hybridized carbons (Fsp3) is 0.429. The number of aliphatic imine (C=N–C) groups is 1. The summed E-state index contributed by atoms with van der Waals surface area (Å²) in [4.78, 5) is 4.20. The van der Waals surface area contributed by atoms with Gasteiger partial charge in [-0.15, -0.1) is 0 Å². The minimum absolute atomic E-state index is 0.672. The lowest BCUT2D eigenvalue weighted by Gasteiger charge is -1.92. The van der Waals surface area contributed by atoms with Gasteiger partial charge < -0.3 is 0 Å². The van der Waals surface area contributed by atoms with Crippen molar-refractivity contribution in [2.45, 2.75) is 20.4 Å². The molecule has 0 aromatic carbocycles. The third-order valence-electron chi connectivity index (χ3n) is 1.84. The largest absolute Gasteiger partial charge is 0.264 e. The lowest BCUT2D eigenvalue weighted by atomic mass is 10.4. The molecule has 4 heteroatoms. The summed E-state index contributed by atoms with van der Waals surface area (Å²) in [6.45, 7) is 4.51. The summed E-state index contributed by atoms with van der Waals surface area (Å²) in [6, 6.07) is 0. The summed E-state index contributed by atoms with van der Waals surface area (Å²) < 4.78 is 1.80. The van der Waals surface area contributed by atoms with Gasteiger partial charge in [-0.3, -0.25) is 4.99 Å². The monoisotopic (exact) mass is 169 g/mol. The van der Waals surface area contributed by atoms with Gasteiger partial charge in [-0.25, -0.2) is 4.68 Å². The maximum Gasteiger partial charge on any atom is 0.122 e. The summed E-state index contributed by atoms with van der Waals surface area (Å²) in [7, 11) is 0. The quantitative estimate of drug-likeness (QED) is 0.581. The summed E-state index contributed by atoms with van der Waals surface area (Å²) >= 11 is 5.96. The van der Waals surface area contributed by atoms with Gasteiger partial charge in [0.2, 0.25) is 0 Å². The Labute approximate surface area is 69.7 Å². The van der Waals surface area contributed by atoms with E-state index in [1.165, 1.54) is 0 Å². The lowest BCUT2D eigenvalue weighted by Crippen LogP contribution is -2.05. The highest BCUT2D eigenvalue weighted by molar-refractivity contribution is 6.32. The maximum atomic E-state index is 5.96. The summed E-state index contributed by atoms with van der Waals surface area (Å²) in [5, 5.41) is 4.98. The molecule has 0 unspecified atom stereocenters. The Morgan fingerprint density at radius 2 is 2.18 bits per heavy atom. The highest BCUT2D eigenvalue weighted by atomic mass is 35.5. The first-order chi connectivity index (χ1) is 5.20. The molecule has 0 bridgehead atoms. The third kappa shape index (κ3) is 0.807. The van der Waals surface area contributed by atoms with Crippen LogP contribution in [-0.4, -0.2) is 15.6 Å². The van der Waals surface area contributed by atoms with Crippen LogP contribution in [0.1, 0.15) is 18.3 Å². The first kappa shape index (κ1) is 6.85. The van der Waals surface area contributed by atoms with Crippen LogP contribution in [-0.2, 0) is 6.54 Å². The predicted octanol–water partition coefficient (Wildman–Crippen LogP) is 1.63. The van der Waals surface area contributed by atoms with Gasteiger partial charge >= 0.3 is 0 Å². The van der Waals surface area contributed by atoms with Crippen LogP contribution in [0.5, 0.6) is 0 Å². The number of hydrogen-bond donors (Lipinski definition) is 0. The van der Waals surface area contributed by atoms with E-state index in [0.717, 1.165) is 22.2 Å². The first-order valence-electron chi connectivity index (χ1n) is 3.45. The minimum atomic E-state index is 0.672. The van der Waals surface area contributed by atoms with Crippen molar-refractivity contribution >= 4 is 17.4 Å². The molecule has 0 saturated heterocycles. The second-order valence-corrected chi connectivity index (χ2v) is 3.00. The molecule has 0 fully saturated rings. The number of halogens is 1. The van der Waals surface area contributed by atoms with Gasteiger partial charge in [-0.2, -0.15) is 5.10 Å². The van der Waals surface area contributed by atoms with Gasteiger partial charge in [-0.05, 0) is 13.8 Å². The van der Waals surface area contributed by atoms with E-state index in [0.29, 0.717) is 6.54 Å². The molecule has 11 heavy (non-hydrogen) atoms. The van der Waals surface area contributed by atoms with E-state index in [9.17, 15) is 0 Å². The fourth-order valence-electron chi connectivity index (χ4n) is 1.22. The number of aryl methyl sites for hydroxylation is 1. The van der Waals surface area contributed by atoms with Crippen LogP contribution in [0.3, 0.4) is 0 Å². The SMILES string of the molecule is CC1=NCc2c(Cl)c(C)nn21. The van der Waals surface area contributed by atoms with Crippen molar-refractivity contribution in [3.63, 3.8) is 0 Å². The topological polar surface area (TPSA) is 30.2 Å². The number of aromatic nitrogens is 2. The average molecular weight is 170 g/mol. The van der Waals surface area contributed by atoms with Gasteiger partial charge in [-0.1, -0.05) is 11.6 Å². The fourth-order valence-corrected chi connectivity index (χ4v) is 1.39. The molecule has 1 aromatic rings. The molecule has 0 spiro atoms. The van der Waals surface area contributed by atoms with Crippen molar-refractivity contribution in [3.05, 3.63) is 16.4 Å². The number of rotatable bonds is 0. The zero-order valence-electron chi connectivity index (χ0n) is 6.43. The highest BCUT2D eigenvalue weighted by Crippen LogP contribution is 2.23. The molecule has 0 N–H and O–H groups in total. The van der Waals surface area contributed by atoms with E-state index >= 15 is 0 Å². The standard InChI is InChI=1S/C7H8ClN3/c1-4-7(8)6-3-9-5(2)11(6)10-4/h3H2,1-2H3. The molecule has 2 heterocycles. The smallest absolute Gasteiger partial charge is 0.122 e. The Bertz CT molecular complexity index is 338. The van der Waals surface area contributed by atoms with Crippen LogP contribution in [0.2, 0.25) is 5.02 Å². The summed E-state index contributed by atoms with van der Waals surface area (Å²) in [6.07, 6.45) is 0. The van der Waals surface area contributed by atoms with Crippen molar-refractivity contribution in [3.8, 4) is 0 Å². The van der Waals surface area contributed by atoms with E-state index in [1.54, 1.807) is 4.68 Å². The Balaban J connectivity index is 2.65. The Kier molecular flexibility index (Phi) is 1.29. The van der Waals surface area contributed by atoms with Crippen LogP contribution in [0, 0.1) is 6.92 Å². The molecular formula is C7H8ClN3. The Morgan fingerprint density at radius 1 is 1.45 bits per heavy atom. The van der Waals surface area contributed by atoms with Crippen molar-refractivity contribution in [2.24, 2.45) is 4.99 Å². The summed E-state index contributed by atoms with van der Waals surface area (Å²) in [5.74, 6) is 0.926. The van der Waals surface area contributed by atoms with Crippen molar-refractivity contribution in [1.82, 2.24) is 9.78 Å². The van der Waals surface area contributed by atoms with E-state index in [4.69, 9.17) is 11.6 Å². The van der Waals surface area contributed by atoms with E-state index in [2.05, 4.69) is 10.1 Å². The molecule has 1 aromatic heterocycles. The van der Waals surface area contributed by atoms with Crippen molar-refractivity contribution in [1.29, 1.82) is 0 Å². The average Bonchev–Trinajstić information content (AvgIpc) is 2.43. The lowest BCUT2D eigenvalue weighted by molar-refractivity contribution is 0.891. The first-order valence-corrected chi connectivity index (χ1v) is 3.83. The predicted molar refractivity (Wildman–Crippen MR) is 44.2 cm³/mol. The summed E-state index contributed by atoms with van der Waals surface area (Å²) in [5.41, 5.74) is 1.90. The molecular weight excluding hydrogens is 162 g/mol. The zero-order chi connectivity index (χ0) is 8.01. The Hall–Kier alpha value is -0.830. The number of fused-ring (bicyclic) bond motifs is 1. The highest BCUT2D eigenvalue weighted by Gasteiger charge is 2.18. The van der Waals surface area contributed by atoms with Crippen LogP contribution in [0.4, 0.5) is 0 Å². The van der Waals surface area contributed by atoms with Gasteiger partial charge in [0.15, 0.2) is 0 Å². The van der Waals surface area contributed by atoms with Crippen molar-refractivity contribution < 1.29 is 0 Å². The van der Waals surface area contributed by atoms with E-state index in [-0.39, 0.29) is 0 Å². The number of hydrogen-bond acceptors (Lipinski definition) is 2. The molecule has 58 valence electrons. The number of nitrogens with zero attached hydrogens (tertiary/aromatic N) is 3. The van der Waals surface area contributed by atoms with E-state index in [1.807, 2.05) is 13.8 Å². The molecule has 0 amide bonds. The second-order valence-electron chi connectivity index (χ2n) is 2.62. The Morgan fingerprint density at radius 3 is 2.82 bits per heavy atom. The van der Waals surface area contributed by atoms with E-state index < -0.39 is 0 Å². The van der Waals surface area contributed by atoms with Gasteiger partial charge in [0.05, 0.1) is 23.0 Å². The molecule has 0 aliphatic carbocycles. The minimum Gasteiger partial charge on any atom is -0.264 e. The van der Waals surface area contributed by atoms with Crippen LogP contribution in [0.25, 0.3) is 0 Å². The molecule has 0 saturated carbocycles. The molecule has 3 nitrogen and oxygen atoms in total. The molecule has 0 radical (unpaired) electrons. The molecule has 0 atom stereocenters. The zero-order valence-corrected chi connectivity index (χ0v) is 7.18. The molecule has 2 rings (SSSR count).